The van der Waals surface area contributed by atoms with E-state index in [-0.39, 0.29) is 12.6 Å². The van der Waals surface area contributed by atoms with Crippen LogP contribution in [0.4, 0.5) is 13.2 Å². The number of rotatable bonds is 6. The molecule has 0 saturated carbocycles. The molecule has 112 valence electrons. The summed E-state index contributed by atoms with van der Waals surface area (Å²) in [4.78, 5) is 0. The van der Waals surface area contributed by atoms with E-state index in [1.807, 2.05) is 18.2 Å². The van der Waals surface area contributed by atoms with Gasteiger partial charge in [0, 0.05) is 12.5 Å². The number of halogens is 3. The number of ether oxygens (including phenoxy) is 2. The summed E-state index contributed by atoms with van der Waals surface area (Å²) in [6.07, 6.45) is -1.95. The van der Waals surface area contributed by atoms with Crippen molar-refractivity contribution in [2.24, 2.45) is 5.73 Å². The van der Waals surface area contributed by atoms with Gasteiger partial charge in [0.1, 0.15) is 12.4 Å². The van der Waals surface area contributed by atoms with Crippen molar-refractivity contribution in [3.63, 3.8) is 0 Å². The van der Waals surface area contributed by atoms with Crippen LogP contribution < -0.4 is 10.5 Å². The van der Waals surface area contributed by atoms with Gasteiger partial charge in [0.05, 0.1) is 13.2 Å². The molecule has 1 aromatic carbocycles. The molecule has 20 heavy (non-hydrogen) atoms. The fraction of sp³-hybridized carbons (Fsp3) is 0.571. The van der Waals surface area contributed by atoms with Crippen molar-refractivity contribution in [3.05, 3.63) is 29.3 Å². The molecule has 2 N–H and O–H groups in total. The number of hydrogen-bond donors (Lipinski definition) is 1. The third kappa shape index (κ3) is 4.38. The van der Waals surface area contributed by atoms with E-state index in [1.165, 1.54) is 5.56 Å². The van der Waals surface area contributed by atoms with Crippen molar-refractivity contribution >= 4 is 0 Å². The van der Waals surface area contributed by atoms with Gasteiger partial charge in [-0.25, -0.2) is 0 Å². The van der Waals surface area contributed by atoms with Crippen LogP contribution in [0.5, 0.6) is 5.75 Å². The van der Waals surface area contributed by atoms with E-state index >= 15 is 0 Å². The van der Waals surface area contributed by atoms with Crippen LogP contribution in [-0.4, -0.2) is 26.0 Å². The number of benzene rings is 1. The second-order valence-corrected chi connectivity index (χ2v) is 4.88. The van der Waals surface area contributed by atoms with Crippen LogP contribution in [-0.2, 0) is 11.2 Å². The molecule has 1 aliphatic rings. The van der Waals surface area contributed by atoms with Gasteiger partial charge in [-0.05, 0) is 36.1 Å². The lowest BCUT2D eigenvalue weighted by molar-refractivity contribution is -0.174. The molecule has 1 aromatic rings. The largest absolute Gasteiger partial charge is 0.493 e. The molecule has 0 spiro atoms. The summed E-state index contributed by atoms with van der Waals surface area (Å²) in [6.45, 7) is -0.832. The molecule has 0 amide bonds. The van der Waals surface area contributed by atoms with Gasteiger partial charge in [-0.2, -0.15) is 13.2 Å². The molecule has 6 heteroatoms. The minimum Gasteiger partial charge on any atom is -0.493 e. The van der Waals surface area contributed by atoms with E-state index < -0.39 is 12.8 Å². The quantitative estimate of drug-likeness (QED) is 0.819. The Bertz CT molecular complexity index is 449. The Kier molecular flexibility index (Phi) is 4.88. The molecule has 0 unspecified atom stereocenters. The second kappa shape index (κ2) is 6.45. The Balaban J connectivity index is 1.68. The Labute approximate surface area is 115 Å². The number of fused-ring (bicyclic) bond motifs is 1. The lowest BCUT2D eigenvalue weighted by Gasteiger charge is -2.10. The Morgan fingerprint density at radius 1 is 1.25 bits per heavy atom. The molecule has 0 radical (unpaired) electrons. The van der Waals surface area contributed by atoms with Gasteiger partial charge in [-0.3, -0.25) is 0 Å². The van der Waals surface area contributed by atoms with Gasteiger partial charge in [0.25, 0.3) is 0 Å². The summed E-state index contributed by atoms with van der Waals surface area (Å²) in [5, 5.41) is 0. The highest BCUT2D eigenvalue weighted by molar-refractivity contribution is 5.40. The minimum atomic E-state index is -4.26. The van der Waals surface area contributed by atoms with Gasteiger partial charge < -0.3 is 15.2 Å². The van der Waals surface area contributed by atoms with Crippen molar-refractivity contribution in [1.29, 1.82) is 0 Å². The molecule has 0 aliphatic heterocycles. The molecule has 1 aliphatic carbocycles. The van der Waals surface area contributed by atoms with Crippen LogP contribution >= 0.6 is 0 Å². The van der Waals surface area contributed by atoms with Crippen molar-refractivity contribution in [2.75, 3.05) is 19.8 Å². The van der Waals surface area contributed by atoms with E-state index in [2.05, 4.69) is 4.74 Å². The monoisotopic (exact) mass is 289 g/mol. The highest BCUT2D eigenvalue weighted by Crippen LogP contribution is 2.31. The summed E-state index contributed by atoms with van der Waals surface area (Å²) in [5.41, 5.74) is 8.29. The van der Waals surface area contributed by atoms with E-state index in [4.69, 9.17) is 10.5 Å². The molecule has 0 aromatic heterocycles. The van der Waals surface area contributed by atoms with E-state index in [0.29, 0.717) is 13.0 Å². The maximum Gasteiger partial charge on any atom is 0.411 e. The normalized spacial score (nSPS) is 18.1. The molecular weight excluding hydrogens is 271 g/mol. The highest BCUT2D eigenvalue weighted by Gasteiger charge is 2.27. The van der Waals surface area contributed by atoms with Crippen LogP contribution in [0.3, 0.4) is 0 Å². The summed E-state index contributed by atoms with van der Waals surface area (Å²) in [5.74, 6) is 0.730. The first-order valence-corrected chi connectivity index (χ1v) is 6.61. The topological polar surface area (TPSA) is 44.5 Å². The Morgan fingerprint density at radius 3 is 2.80 bits per heavy atom. The minimum absolute atomic E-state index is 0.0370. The number of nitrogens with two attached hydrogens (primary N) is 1. The van der Waals surface area contributed by atoms with Crippen LogP contribution in [0.2, 0.25) is 0 Å². The van der Waals surface area contributed by atoms with Crippen molar-refractivity contribution in [3.8, 4) is 5.75 Å². The molecule has 2 rings (SSSR count). The summed E-state index contributed by atoms with van der Waals surface area (Å²) in [6, 6.07) is 5.87. The zero-order valence-electron chi connectivity index (χ0n) is 11.1. The lowest BCUT2D eigenvalue weighted by Crippen LogP contribution is -2.18. The Hall–Kier alpha value is -1.27. The van der Waals surface area contributed by atoms with Gasteiger partial charge >= 0.3 is 6.18 Å². The smallest absolute Gasteiger partial charge is 0.411 e. The summed E-state index contributed by atoms with van der Waals surface area (Å²) >= 11 is 0. The maximum absolute atomic E-state index is 11.8. The number of aryl methyl sites for hydroxylation is 1. The third-order valence-electron chi connectivity index (χ3n) is 3.21. The van der Waals surface area contributed by atoms with Crippen molar-refractivity contribution < 1.29 is 22.6 Å². The zero-order chi connectivity index (χ0) is 14.6. The van der Waals surface area contributed by atoms with Gasteiger partial charge in [0.15, 0.2) is 0 Å². The number of alkyl halides is 3. The molecule has 0 fully saturated rings. The standard InChI is InChI=1S/C14H18F3NO2/c15-14(16,17)9-19-6-1-7-20-11-3-4-12-10(8-11)2-5-13(12)18/h3-4,8,13H,1-2,5-7,9,18H2/t13-/m0/s1. The molecule has 1 atom stereocenters. The van der Waals surface area contributed by atoms with Crippen LogP contribution in [0.1, 0.15) is 30.0 Å². The highest BCUT2D eigenvalue weighted by atomic mass is 19.4. The van der Waals surface area contributed by atoms with Gasteiger partial charge in [0.2, 0.25) is 0 Å². The number of hydrogen-bond acceptors (Lipinski definition) is 3. The van der Waals surface area contributed by atoms with E-state index in [9.17, 15) is 13.2 Å². The third-order valence-corrected chi connectivity index (χ3v) is 3.21. The average molecular weight is 289 g/mol. The fourth-order valence-electron chi connectivity index (χ4n) is 2.26. The Morgan fingerprint density at radius 2 is 2.05 bits per heavy atom. The predicted molar refractivity (Wildman–Crippen MR) is 68.7 cm³/mol. The zero-order valence-corrected chi connectivity index (χ0v) is 11.1. The fourth-order valence-corrected chi connectivity index (χ4v) is 2.26. The molecule has 0 heterocycles. The van der Waals surface area contributed by atoms with Crippen LogP contribution in [0.15, 0.2) is 18.2 Å². The summed E-state index contributed by atoms with van der Waals surface area (Å²) in [7, 11) is 0. The van der Waals surface area contributed by atoms with Crippen molar-refractivity contribution in [1.82, 2.24) is 0 Å². The lowest BCUT2D eigenvalue weighted by atomic mass is 10.1. The van der Waals surface area contributed by atoms with Gasteiger partial charge in [-0.1, -0.05) is 6.07 Å². The molecular formula is C14H18F3NO2. The average Bonchev–Trinajstić information content (AvgIpc) is 2.74. The molecule has 3 nitrogen and oxygen atoms in total. The van der Waals surface area contributed by atoms with Gasteiger partial charge in [-0.15, -0.1) is 0 Å². The maximum atomic E-state index is 11.8. The predicted octanol–water partition coefficient (Wildman–Crippen LogP) is 2.98. The van der Waals surface area contributed by atoms with E-state index in [1.54, 1.807) is 0 Å². The second-order valence-electron chi connectivity index (χ2n) is 4.88. The van der Waals surface area contributed by atoms with Crippen LogP contribution in [0.25, 0.3) is 0 Å². The molecule has 0 bridgehead atoms. The van der Waals surface area contributed by atoms with E-state index in [0.717, 1.165) is 24.2 Å². The van der Waals surface area contributed by atoms with Crippen LogP contribution in [0, 0.1) is 0 Å². The summed E-state index contributed by atoms with van der Waals surface area (Å²) < 4.78 is 45.5. The first-order chi connectivity index (χ1) is 9.46. The first kappa shape index (κ1) is 15.1. The first-order valence-electron chi connectivity index (χ1n) is 6.61. The molecule has 0 saturated heterocycles. The van der Waals surface area contributed by atoms with Crippen molar-refractivity contribution in [2.45, 2.75) is 31.5 Å². The SMILES string of the molecule is N[C@H]1CCc2cc(OCCCOCC(F)(F)F)ccc21.